The van der Waals surface area contributed by atoms with Crippen molar-refractivity contribution in [3.8, 4) is 0 Å². The SMILES string of the molecule is CC(c1ccc(Cl)cc1)N(C)C(CN)c1occc1Br. The van der Waals surface area contributed by atoms with Gasteiger partial charge in [-0.25, -0.2) is 0 Å². The van der Waals surface area contributed by atoms with Gasteiger partial charge in [-0.1, -0.05) is 23.7 Å². The van der Waals surface area contributed by atoms with Crippen LogP contribution in [0.3, 0.4) is 0 Å². The molecule has 5 heteroatoms. The topological polar surface area (TPSA) is 42.4 Å². The monoisotopic (exact) mass is 356 g/mol. The number of nitrogens with zero attached hydrogens (tertiary/aromatic N) is 1. The van der Waals surface area contributed by atoms with Crippen molar-refractivity contribution in [3.63, 3.8) is 0 Å². The molecule has 1 heterocycles. The van der Waals surface area contributed by atoms with Crippen LogP contribution in [0.1, 0.15) is 30.3 Å². The number of rotatable bonds is 5. The van der Waals surface area contributed by atoms with E-state index in [9.17, 15) is 0 Å². The molecule has 0 saturated carbocycles. The molecule has 0 amide bonds. The van der Waals surface area contributed by atoms with E-state index in [1.807, 2.05) is 37.4 Å². The van der Waals surface area contributed by atoms with Crippen LogP contribution >= 0.6 is 27.5 Å². The van der Waals surface area contributed by atoms with Crippen LogP contribution < -0.4 is 5.73 Å². The fraction of sp³-hybridized carbons (Fsp3) is 0.333. The lowest BCUT2D eigenvalue weighted by molar-refractivity contribution is 0.168. The van der Waals surface area contributed by atoms with Gasteiger partial charge in [0.15, 0.2) is 0 Å². The quantitative estimate of drug-likeness (QED) is 0.863. The first-order valence-corrected chi connectivity index (χ1v) is 7.62. The summed E-state index contributed by atoms with van der Waals surface area (Å²) in [6.07, 6.45) is 1.67. The van der Waals surface area contributed by atoms with E-state index in [2.05, 4.69) is 27.8 Å². The molecule has 3 nitrogen and oxygen atoms in total. The summed E-state index contributed by atoms with van der Waals surface area (Å²) in [6.45, 7) is 2.63. The van der Waals surface area contributed by atoms with E-state index >= 15 is 0 Å². The minimum absolute atomic E-state index is 0.0186. The summed E-state index contributed by atoms with van der Waals surface area (Å²) >= 11 is 9.43. The van der Waals surface area contributed by atoms with Gasteiger partial charge in [0.25, 0.3) is 0 Å². The zero-order valence-corrected chi connectivity index (χ0v) is 13.9. The van der Waals surface area contributed by atoms with Crippen molar-refractivity contribution in [2.24, 2.45) is 5.73 Å². The van der Waals surface area contributed by atoms with Crippen molar-refractivity contribution in [1.82, 2.24) is 4.90 Å². The van der Waals surface area contributed by atoms with Crippen molar-refractivity contribution in [2.45, 2.75) is 19.0 Å². The zero-order valence-electron chi connectivity index (χ0n) is 11.5. The number of furan rings is 1. The fourth-order valence-electron chi connectivity index (χ4n) is 2.25. The van der Waals surface area contributed by atoms with Gasteiger partial charge in [0.05, 0.1) is 16.8 Å². The predicted octanol–water partition coefficient (Wildman–Crippen LogP) is 4.39. The highest BCUT2D eigenvalue weighted by Gasteiger charge is 2.25. The summed E-state index contributed by atoms with van der Waals surface area (Å²) in [4.78, 5) is 2.20. The Hall–Kier alpha value is -0.810. The Labute approximate surface area is 132 Å². The standard InChI is InChI=1S/C15H18BrClN2O/c1-10(11-3-5-12(17)6-4-11)19(2)14(9-18)15-13(16)7-8-20-15/h3-8,10,14H,9,18H2,1-2H3. The highest BCUT2D eigenvalue weighted by molar-refractivity contribution is 9.10. The molecule has 2 N–H and O–H groups in total. The van der Waals surface area contributed by atoms with E-state index in [-0.39, 0.29) is 12.1 Å². The maximum absolute atomic E-state index is 5.93. The van der Waals surface area contributed by atoms with E-state index in [1.165, 1.54) is 5.56 Å². The average molecular weight is 358 g/mol. The van der Waals surface area contributed by atoms with Crippen molar-refractivity contribution in [2.75, 3.05) is 13.6 Å². The maximum Gasteiger partial charge on any atom is 0.136 e. The van der Waals surface area contributed by atoms with Gasteiger partial charge in [0, 0.05) is 17.6 Å². The van der Waals surface area contributed by atoms with Crippen LogP contribution in [0.25, 0.3) is 0 Å². The second-order valence-corrected chi connectivity index (χ2v) is 6.07. The molecule has 2 atom stereocenters. The summed E-state index contributed by atoms with van der Waals surface area (Å²) in [6, 6.07) is 9.99. The molecule has 2 unspecified atom stereocenters. The summed E-state index contributed by atoms with van der Waals surface area (Å²) < 4.78 is 6.50. The lowest BCUT2D eigenvalue weighted by atomic mass is 10.0. The Morgan fingerprint density at radius 2 is 1.95 bits per heavy atom. The third kappa shape index (κ3) is 3.26. The van der Waals surface area contributed by atoms with Crippen LogP contribution in [0.5, 0.6) is 0 Å². The highest BCUT2D eigenvalue weighted by atomic mass is 79.9. The van der Waals surface area contributed by atoms with Crippen molar-refractivity contribution in [3.05, 3.63) is 57.4 Å². The molecule has 108 valence electrons. The van der Waals surface area contributed by atoms with Gasteiger partial charge in [0.2, 0.25) is 0 Å². The molecule has 0 spiro atoms. The molecule has 1 aromatic heterocycles. The highest BCUT2D eigenvalue weighted by Crippen LogP contribution is 2.32. The molecule has 0 aliphatic carbocycles. The number of benzene rings is 1. The van der Waals surface area contributed by atoms with Crippen LogP contribution in [0.15, 0.2) is 45.5 Å². The smallest absolute Gasteiger partial charge is 0.136 e. The first-order chi connectivity index (χ1) is 9.54. The second-order valence-electron chi connectivity index (χ2n) is 4.78. The number of hydrogen-bond acceptors (Lipinski definition) is 3. The van der Waals surface area contributed by atoms with Gasteiger partial charge in [-0.15, -0.1) is 0 Å². The predicted molar refractivity (Wildman–Crippen MR) is 85.8 cm³/mol. The van der Waals surface area contributed by atoms with Crippen LogP contribution in [0, 0.1) is 0 Å². The minimum Gasteiger partial charge on any atom is -0.466 e. The molecule has 0 fully saturated rings. The Morgan fingerprint density at radius 3 is 2.45 bits per heavy atom. The lowest BCUT2D eigenvalue weighted by Gasteiger charge is -2.31. The van der Waals surface area contributed by atoms with Crippen molar-refractivity contribution in [1.29, 1.82) is 0 Å². The number of likely N-dealkylation sites (N-methyl/N-ethyl adjacent to an activating group) is 1. The molecule has 0 aliphatic rings. The third-order valence-corrected chi connectivity index (χ3v) is 4.53. The molecular formula is C15H18BrClN2O. The van der Waals surface area contributed by atoms with Gasteiger partial charge < -0.3 is 10.2 Å². The summed E-state index contributed by atoms with van der Waals surface area (Å²) in [7, 11) is 2.05. The van der Waals surface area contributed by atoms with E-state index < -0.39 is 0 Å². The van der Waals surface area contributed by atoms with Crippen LogP contribution in [0.2, 0.25) is 5.02 Å². The van der Waals surface area contributed by atoms with E-state index in [0.717, 1.165) is 15.3 Å². The van der Waals surface area contributed by atoms with Crippen LogP contribution in [-0.2, 0) is 0 Å². The van der Waals surface area contributed by atoms with Crippen LogP contribution in [0.4, 0.5) is 0 Å². The first-order valence-electron chi connectivity index (χ1n) is 6.45. The summed E-state index contributed by atoms with van der Waals surface area (Å²) in [5.41, 5.74) is 7.12. The summed E-state index contributed by atoms with van der Waals surface area (Å²) in [5, 5.41) is 0.743. The van der Waals surface area contributed by atoms with E-state index in [1.54, 1.807) is 6.26 Å². The van der Waals surface area contributed by atoms with Gasteiger partial charge in [0.1, 0.15) is 5.76 Å². The van der Waals surface area contributed by atoms with Gasteiger partial charge in [-0.05, 0) is 53.7 Å². The molecule has 2 rings (SSSR count). The molecule has 0 saturated heterocycles. The molecule has 2 aromatic rings. The normalized spacial score (nSPS) is 14.5. The van der Waals surface area contributed by atoms with Crippen LogP contribution in [-0.4, -0.2) is 18.5 Å². The molecule has 0 radical (unpaired) electrons. The molecular weight excluding hydrogens is 340 g/mol. The largest absolute Gasteiger partial charge is 0.466 e. The average Bonchev–Trinajstić information content (AvgIpc) is 2.86. The maximum atomic E-state index is 5.93. The molecule has 1 aromatic carbocycles. The second kappa shape index (κ2) is 6.76. The van der Waals surface area contributed by atoms with Crippen molar-refractivity contribution < 1.29 is 4.42 Å². The van der Waals surface area contributed by atoms with E-state index in [0.29, 0.717) is 6.54 Å². The third-order valence-electron chi connectivity index (χ3n) is 3.63. The first kappa shape index (κ1) is 15.6. The Bertz CT molecular complexity index is 555. The minimum atomic E-state index is 0.0186. The molecule has 20 heavy (non-hydrogen) atoms. The van der Waals surface area contributed by atoms with Crippen molar-refractivity contribution >= 4 is 27.5 Å². The molecule has 0 bridgehead atoms. The Kier molecular flexibility index (Phi) is 5.27. The number of halogens is 2. The van der Waals surface area contributed by atoms with Gasteiger partial charge in [-0.3, -0.25) is 4.90 Å². The Morgan fingerprint density at radius 1 is 1.30 bits per heavy atom. The van der Waals surface area contributed by atoms with Gasteiger partial charge >= 0.3 is 0 Å². The number of nitrogens with two attached hydrogens (primary N) is 1. The molecule has 0 aliphatic heterocycles. The lowest BCUT2D eigenvalue weighted by Crippen LogP contribution is -2.32. The Balaban J connectivity index is 2.22. The van der Waals surface area contributed by atoms with E-state index in [4.69, 9.17) is 21.8 Å². The summed E-state index contributed by atoms with van der Waals surface area (Å²) in [5.74, 6) is 0.857. The number of hydrogen-bond donors (Lipinski definition) is 1. The van der Waals surface area contributed by atoms with Gasteiger partial charge in [-0.2, -0.15) is 0 Å². The fourth-order valence-corrected chi connectivity index (χ4v) is 2.84. The zero-order chi connectivity index (χ0) is 14.7.